The van der Waals surface area contributed by atoms with Crippen LogP contribution < -0.4 is 5.32 Å². The average molecular weight is 360 g/mol. The first-order valence-corrected chi connectivity index (χ1v) is 10.0. The monoisotopic (exact) mass is 359 g/mol. The molecule has 2 fully saturated rings. The molecule has 144 valence electrons. The maximum absolute atomic E-state index is 12.7. The lowest BCUT2D eigenvalue weighted by Gasteiger charge is -2.36. The Labute approximate surface area is 157 Å². The lowest BCUT2D eigenvalue weighted by molar-refractivity contribution is 0.0654. The van der Waals surface area contributed by atoms with Crippen molar-refractivity contribution in [2.24, 2.45) is 0 Å². The van der Waals surface area contributed by atoms with Crippen molar-refractivity contribution in [3.05, 3.63) is 29.3 Å². The van der Waals surface area contributed by atoms with E-state index in [1.54, 1.807) is 0 Å². The number of nitrogens with one attached hydrogen (secondary N) is 1. The summed E-state index contributed by atoms with van der Waals surface area (Å²) >= 11 is 0. The standard InChI is InChI=1S/C21H33N3O2/c1-16(2)26-15-18-7-6-8-20(17(18)3)22-21(25)24-13-9-19(10-14-24)23-11-4-5-12-23/h6-8,16,19H,4-5,9-15H2,1-3H3,(H,22,25). The second-order valence-electron chi connectivity index (χ2n) is 7.84. The van der Waals surface area contributed by atoms with Crippen LogP contribution in [0.3, 0.4) is 0 Å². The summed E-state index contributed by atoms with van der Waals surface area (Å²) in [5.41, 5.74) is 3.11. The lowest BCUT2D eigenvalue weighted by Crippen LogP contribution is -2.47. The van der Waals surface area contributed by atoms with Crippen LogP contribution in [-0.4, -0.2) is 54.2 Å². The van der Waals surface area contributed by atoms with E-state index in [0.29, 0.717) is 12.6 Å². The van der Waals surface area contributed by atoms with Gasteiger partial charge in [-0.15, -0.1) is 0 Å². The summed E-state index contributed by atoms with van der Waals surface area (Å²) < 4.78 is 5.72. The van der Waals surface area contributed by atoms with Crippen molar-refractivity contribution in [2.45, 2.75) is 65.2 Å². The van der Waals surface area contributed by atoms with Crippen LogP contribution >= 0.6 is 0 Å². The summed E-state index contributed by atoms with van der Waals surface area (Å²) in [6, 6.07) is 6.72. The molecule has 0 atom stereocenters. The third kappa shape index (κ3) is 4.77. The molecule has 0 saturated carbocycles. The minimum Gasteiger partial charge on any atom is -0.374 e. The summed E-state index contributed by atoms with van der Waals surface area (Å²) in [6.07, 6.45) is 5.04. The number of benzene rings is 1. The Bertz CT molecular complexity index is 603. The highest BCUT2D eigenvalue weighted by Crippen LogP contribution is 2.23. The van der Waals surface area contributed by atoms with Crippen molar-refractivity contribution >= 4 is 11.7 Å². The van der Waals surface area contributed by atoms with Crippen molar-refractivity contribution in [3.63, 3.8) is 0 Å². The Morgan fingerprint density at radius 2 is 1.88 bits per heavy atom. The maximum Gasteiger partial charge on any atom is 0.321 e. The van der Waals surface area contributed by atoms with Gasteiger partial charge in [0, 0.05) is 24.8 Å². The third-order valence-electron chi connectivity index (χ3n) is 5.67. The van der Waals surface area contributed by atoms with E-state index in [-0.39, 0.29) is 12.1 Å². The molecule has 2 aliphatic rings. The molecule has 2 aliphatic heterocycles. The van der Waals surface area contributed by atoms with Gasteiger partial charge in [-0.05, 0) is 76.7 Å². The molecule has 26 heavy (non-hydrogen) atoms. The number of hydrogen-bond donors (Lipinski definition) is 1. The molecule has 0 aliphatic carbocycles. The molecule has 0 radical (unpaired) electrons. The maximum atomic E-state index is 12.7. The number of carbonyl (C=O) groups is 1. The number of ether oxygens (including phenoxy) is 1. The zero-order chi connectivity index (χ0) is 18.5. The summed E-state index contributed by atoms with van der Waals surface area (Å²) in [5, 5.41) is 3.11. The lowest BCUT2D eigenvalue weighted by atomic mass is 10.0. The summed E-state index contributed by atoms with van der Waals surface area (Å²) in [4.78, 5) is 17.3. The molecule has 2 amide bonds. The van der Waals surface area contributed by atoms with Crippen molar-refractivity contribution in [3.8, 4) is 0 Å². The van der Waals surface area contributed by atoms with Crippen LogP contribution in [0.2, 0.25) is 0 Å². The largest absolute Gasteiger partial charge is 0.374 e. The fraction of sp³-hybridized carbons (Fsp3) is 0.667. The smallest absolute Gasteiger partial charge is 0.321 e. The van der Waals surface area contributed by atoms with E-state index in [2.05, 4.69) is 16.3 Å². The number of likely N-dealkylation sites (tertiary alicyclic amines) is 2. The van der Waals surface area contributed by atoms with Crippen LogP contribution in [-0.2, 0) is 11.3 Å². The molecule has 5 heteroatoms. The van der Waals surface area contributed by atoms with Crippen molar-refractivity contribution in [1.82, 2.24) is 9.80 Å². The highest BCUT2D eigenvalue weighted by Gasteiger charge is 2.28. The molecule has 2 saturated heterocycles. The number of carbonyl (C=O) groups excluding carboxylic acids is 1. The van der Waals surface area contributed by atoms with Crippen LogP contribution in [0.4, 0.5) is 10.5 Å². The van der Waals surface area contributed by atoms with Gasteiger partial charge in [0.15, 0.2) is 0 Å². The van der Waals surface area contributed by atoms with Gasteiger partial charge in [0.2, 0.25) is 0 Å². The van der Waals surface area contributed by atoms with Crippen LogP contribution in [0.15, 0.2) is 18.2 Å². The number of amides is 2. The van der Waals surface area contributed by atoms with Gasteiger partial charge in [-0.2, -0.15) is 0 Å². The van der Waals surface area contributed by atoms with E-state index in [0.717, 1.165) is 42.7 Å². The highest BCUT2D eigenvalue weighted by molar-refractivity contribution is 5.90. The average Bonchev–Trinajstić information content (AvgIpc) is 3.17. The van der Waals surface area contributed by atoms with E-state index in [9.17, 15) is 4.79 Å². The number of rotatable bonds is 5. The summed E-state index contributed by atoms with van der Waals surface area (Å²) in [6.45, 7) is 10.9. The molecule has 0 unspecified atom stereocenters. The first-order valence-electron chi connectivity index (χ1n) is 10.0. The molecule has 1 aromatic rings. The summed E-state index contributed by atoms with van der Waals surface area (Å²) in [7, 11) is 0. The van der Waals surface area contributed by atoms with Crippen molar-refractivity contribution < 1.29 is 9.53 Å². The van der Waals surface area contributed by atoms with Crippen LogP contribution in [0.25, 0.3) is 0 Å². The molecular formula is C21H33N3O2. The van der Waals surface area contributed by atoms with E-state index in [4.69, 9.17) is 4.74 Å². The van der Waals surface area contributed by atoms with Crippen molar-refractivity contribution in [1.29, 1.82) is 0 Å². The Balaban J connectivity index is 1.54. The minimum atomic E-state index is 0.0231. The SMILES string of the molecule is Cc1c(COC(C)C)cccc1NC(=O)N1CCC(N2CCCC2)CC1. The Morgan fingerprint density at radius 3 is 2.54 bits per heavy atom. The number of anilines is 1. The summed E-state index contributed by atoms with van der Waals surface area (Å²) in [5.74, 6) is 0. The van der Waals surface area contributed by atoms with Gasteiger partial charge in [0.25, 0.3) is 0 Å². The van der Waals surface area contributed by atoms with E-state index in [1.165, 1.54) is 25.9 Å². The molecule has 2 heterocycles. The van der Waals surface area contributed by atoms with Crippen molar-refractivity contribution in [2.75, 3.05) is 31.5 Å². The predicted molar refractivity (Wildman–Crippen MR) is 106 cm³/mol. The first kappa shape index (κ1) is 19.2. The first-order chi connectivity index (χ1) is 12.5. The van der Waals surface area contributed by atoms with E-state index < -0.39 is 0 Å². The molecule has 0 aromatic heterocycles. The number of urea groups is 1. The zero-order valence-corrected chi connectivity index (χ0v) is 16.5. The normalized spacial score (nSPS) is 19.3. The molecule has 3 rings (SSSR count). The Hall–Kier alpha value is -1.59. The van der Waals surface area contributed by atoms with Crippen LogP contribution in [0.5, 0.6) is 0 Å². The molecule has 5 nitrogen and oxygen atoms in total. The van der Waals surface area contributed by atoms with Gasteiger partial charge in [-0.25, -0.2) is 4.79 Å². The number of piperidine rings is 1. The topological polar surface area (TPSA) is 44.8 Å². The fourth-order valence-corrected chi connectivity index (χ4v) is 3.97. The Morgan fingerprint density at radius 1 is 1.19 bits per heavy atom. The molecule has 0 bridgehead atoms. The quantitative estimate of drug-likeness (QED) is 0.864. The van der Waals surface area contributed by atoms with E-state index in [1.807, 2.05) is 37.8 Å². The highest BCUT2D eigenvalue weighted by atomic mass is 16.5. The van der Waals surface area contributed by atoms with Crippen LogP contribution in [0, 0.1) is 6.92 Å². The van der Waals surface area contributed by atoms with Gasteiger partial charge in [-0.1, -0.05) is 12.1 Å². The van der Waals surface area contributed by atoms with Gasteiger partial charge in [-0.3, -0.25) is 0 Å². The predicted octanol–water partition coefficient (Wildman–Crippen LogP) is 4.01. The number of hydrogen-bond acceptors (Lipinski definition) is 3. The minimum absolute atomic E-state index is 0.0231. The van der Waals surface area contributed by atoms with Gasteiger partial charge < -0.3 is 19.9 Å². The molecule has 1 aromatic carbocycles. The second kappa shape index (κ2) is 8.87. The van der Waals surface area contributed by atoms with Crippen LogP contribution in [0.1, 0.15) is 50.7 Å². The third-order valence-corrected chi connectivity index (χ3v) is 5.67. The van der Waals surface area contributed by atoms with Gasteiger partial charge in [0.1, 0.15) is 0 Å². The molecular weight excluding hydrogens is 326 g/mol. The zero-order valence-electron chi connectivity index (χ0n) is 16.5. The second-order valence-corrected chi connectivity index (χ2v) is 7.84. The van der Waals surface area contributed by atoms with Gasteiger partial charge in [0.05, 0.1) is 12.7 Å². The van der Waals surface area contributed by atoms with Gasteiger partial charge >= 0.3 is 6.03 Å². The molecule has 0 spiro atoms. The Kier molecular flexibility index (Phi) is 6.54. The van der Waals surface area contributed by atoms with E-state index >= 15 is 0 Å². The molecule has 1 N–H and O–H groups in total. The number of nitrogens with zero attached hydrogens (tertiary/aromatic N) is 2. The fourth-order valence-electron chi connectivity index (χ4n) is 3.97.